The SMILES string of the molecule is Cc1ccc([C@H]2CC3(C(=O)Nc4ccccc43)c3c2[nH]c2ccc(Cl)cc32)cc1. The standard InChI is InChI=1S/C25H19ClN2O/c1-14-6-8-15(9-7-14)18-13-25(19-4-2-3-5-21(19)28-24(25)29)22-17-12-16(26)10-11-20(17)27-23(18)22/h2-12,18,27H,13H2,1H3,(H,28,29)/t18-,25?/m1/s1. The Hall–Kier alpha value is -3.04. The van der Waals surface area contributed by atoms with E-state index in [-0.39, 0.29) is 11.8 Å². The monoisotopic (exact) mass is 398 g/mol. The van der Waals surface area contributed by atoms with E-state index in [0.717, 1.165) is 33.4 Å². The number of para-hydroxylation sites is 1. The molecule has 4 heteroatoms. The second-order valence-corrected chi connectivity index (χ2v) is 8.61. The van der Waals surface area contributed by atoms with Crippen LogP contribution < -0.4 is 5.32 Å². The lowest BCUT2D eigenvalue weighted by atomic mass is 9.75. The van der Waals surface area contributed by atoms with Crippen molar-refractivity contribution in [2.45, 2.75) is 24.7 Å². The molecule has 2 aliphatic rings. The second kappa shape index (κ2) is 5.74. The van der Waals surface area contributed by atoms with Crippen molar-refractivity contribution in [3.63, 3.8) is 0 Å². The molecule has 4 aromatic rings. The quantitative estimate of drug-likeness (QED) is 0.411. The average molecular weight is 399 g/mol. The fourth-order valence-electron chi connectivity index (χ4n) is 5.27. The molecule has 3 nitrogen and oxygen atoms in total. The molecule has 1 aliphatic heterocycles. The molecular formula is C25H19ClN2O. The molecule has 2 atom stereocenters. The van der Waals surface area contributed by atoms with Gasteiger partial charge in [0.1, 0.15) is 5.41 Å². The van der Waals surface area contributed by atoms with Crippen molar-refractivity contribution in [3.8, 4) is 0 Å². The molecule has 1 amide bonds. The van der Waals surface area contributed by atoms with Crippen molar-refractivity contribution in [1.29, 1.82) is 0 Å². The van der Waals surface area contributed by atoms with Crippen LogP contribution in [-0.2, 0) is 10.2 Å². The molecule has 0 radical (unpaired) electrons. The van der Waals surface area contributed by atoms with Gasteiger partial charge in [0.25, 0.3) is 0 Å². The number of hydrogen-bond donors (Lipinski definition) is 2. The Morgan fingerprint density at radius 2 is 1.83 bits per heavy atom. The van der Waals surface area contributed by atoms with Gasteiger partial charge in [-0.15, -0.1) is 0 Å². The summed E-state index contributed by atoms with van der Waals surface area (Å²) in [6.07, 6.45) is 0.711. The molecule has 6 rings (SSSR count). The number of aryl methyl sites for hydroxylation is 1. The van der Waals surface area contributed by atoms with Crippen LogP contribution in [0.2, 0.25) is 5.02 Å². The van der Waals surface area contributed by atoms with E-state index in [9.17, 15) is 4.79 Å². The van der Waals surface area contributed by atoms with Gasteiger partial charge in [-0.2, -0.15) is 0 Å². The number of carbonyl (C=O) groups excluding carboxylic acids is 1. The molecule has 2 N–H and O–H groups in total. The fourth-order valence-corrected chi connectivity index (χ4v) is 5.44. The molecule has 142 valence electrons. The fraction of sp³-hybridized carbons (Fsp3) is 0.160. The van der Waals surface area contributed by atoms with Crippen LogP contribution in [0.15, 0.2) is 66.7 Å². The van der Waals surface area contributed by atoms with E-state index < -0.39 is 5.41 Å². The van der Waals surface area contributed by atoms with Gasteiger partial charge in [-0.1, -0.05) is 59.6 Å². The van der Waals surface area contributed by atoms with E-state index in [1.54, 1.807) is 0 Å². The molecule has 0 saturated heterocycles. The molecular weight excluding hydrogens is 380 g/mol. The van der Waals surface area contributed by atoms with Gasteiger partial charge in [-0.05, 0) is 48.7 Å². The van der Waals surface area contributed by atoms with E-state index in [2.05, 4.69) is 47.6 Å². The zero-order valence-corrected chi connectivity index (χ0v) is 16.7. The lowest BCUT2D eigenvalue weighted by Gasteiger charge is -2.24. The molecule has 1 unspecified atom stereocenters. The summed E-state index contributed by atoms with van der Waals surface area (Å²) in [7, 11) is 0. The first-order chi connectivity index (χ1) is 14.1. The second-order valence-electron chi connectivity index (χ2n) is 8.18. The summed E-state index contributed by atoms with van der Waals surface area (Å²) in [6.45, 7) is 2.09. The van der Waals surface area contributed by atoms with E-state index >= 15 is 0 Å². The zero-order valence-electron chi connectivity index (χ0n) is 15.9. The minimum Gasteiger partial charge on any atom is -0.358 e. The summed E-state index contributed by atoms with van der Waals surface area (Å²) >= 11 is 6.37. The van der Waals surface area contributed by atoms with Crippen LogP contribution in [0, 0.1) is 6.92 Å². The summed E-state index contributed by atoms with van der Waals surface area (Å²) in [5.41, 5.74) is 6.93. The smallest absolute Gasteiger partial charge is 0.239 e. The Labute approximate surface area is 173 Å². The summed E-state index contributed by atoms with van der Waals surface area (Å²) in [5.74, 6) is 0.170. The maximum absolute atomic E-state index is 13.5. The van der Waals surface area contributed by atoms with Crippen molar-refractivity contribution in [1.82, 2.24) is 4.98 Å². The van der Waals surface area contributed by atoms with Gasteiger partial charge in [0.15, 0.2) is 0 Å². The molecule has 1 aromatic heterocycles. The van der Waals surface area contributed by atoms with Crippen molar-refractivity contribution in [2.24, 2.45) is 0 Å². The molecule has 2 heterocycles. The van der Waals surface area contributed by atoms with E-state index in [4.69, 9.17) is 11.6 Å². The van der Waals surface area contributed by atoms with Crippen LogP contribution in [-0.4, -0.2) is 10.9 Å². The lowest BCUT2D eigenvalue weighted by molar-refractivity contribution is -0.119. The van der Waals surface area contributed by atoms with Crippen LogP contribution in [0.5, 0.6) is 0 Å². The van der Waals surface area contributed by atoms with Crippen LogP contribution in [0.4, 0.5) is 5.69 Å². The van der Waals surface area contributed by atoms with E-state index in [1.165, 1.54) is 11.1 Å². The third kappa shape index (κ3) is 2.16. The number of nitrogens with one attached hydrogen (secondary N) is 2. The first-order valence-electron chi connectivity index (χ1n) is 9.87. The lowest BCUT2D eigenvalue weighted by Crippen LogP contribution is -2.33. The van der Waals surface area contributed by atoms with Gasteiger partial charge in [-0.3, -0.25) is 4.79 Å². The van der Waals surface area contributed by atoms with Crippen molar-refractivity contribution >= 4 is 34.1 Å². The zero-order chi connectivity index (χ0) is 19.8. The number of benzene rings is 3. The topological polar surface area (TPSA) is 44.9 Å². The third-order valence-electron chi connectivity index (χ3n) is 6.58. The first kappa shape index (κ1) is 16.9. The van der Waals surface area contributed by atoms with Gasteiger partial charge in [0.05, 0.1) is 0 Å². The number of fused-ring (bicyclic) bond motifs is 6. The highest BCUT2D eigenvalue weighted by Gasteiger charge is 2.56. The Balaban J connectivity index is 1.69. The highest BCUT2D eigenvalue weighted by Crippen LogP contribution is 2.58. The minimum absolute atomic E-state index is 0.0513. The summed E-state index contributed by atoms with van der Waals surface area (Å²) in [4.78, 5) is 17.1. The van der Waals surface area contributed by atoms with Gasteiger partial charge in [0.2, 0.25) is 5.91 Å². The third-order valence-corrected chi connectivity index (χ3v) is 6.81. The van der Waals surface area contributed by atoms with E-state index in [0.29, 0.717) is 11.4 Å². The summed E-state index contributed by atoms with van der Waals surface area (Å²) < 4.78 is 0. The Bertz CT molecular complexity index is 1300. The minimum atomic E-state index is -0.704. The van der Waals surface area contributed by atoms with Gasteiger partial charge in [0, 0.05) is 38.8 Å². The van der Waals surface area contributed by atoms with Crippen LogP contribution in [0.25, 0.3) is 10.9 Å². The van der Waals surface area contributed by atoms with Crippen molar-refractivity contribution in [2.75, 3.05) is 5.32 Å². The number of H-pyrrole nitrogens is 1. The number of aromatic nitrogens is 1. The number of aromatic amines is 1. The molecule has 3 aromatic carbocycles. The predicted molar refractivity (Wildman–Crippen MR) is 117 cm³/mol. The van der Waals surface area contributed by atoms with Crippen molar-refractivity contribution in [3.05, 3.63) is 99.7 Å². The maximum Gasteiger partial charge on any atom is 0.239 e. The first-order valence-corrected chi connectivity index (χ1v) is 10.2. The number of amides is 1. The van der Waals surface area contributed by atoms with Crippen LogP contribution in [0.1, 0.15) is 40.3 Å². The highest BCUT2D eigenvalue weighted by molar-refractivity contribution is 6.31. The number of hydrogen-bond acceptors (Lipinski definition) is 1. The predicted octanol–water partition coefficient (Wildman–Crippen LogP) is 5.90. The molecule has 1 aliphatic carbocycles. The number of anilines is 1. The number of carbonyl (C=O) groups is 1. The summed E-state index contributed by atoms with van der Waals surface area (Å²) in [5, 5.41) is 4.85. The number of halogens is 1. The molecule has 0 saturated carbocycles. The molecule has 29 heavy (non-hydrogen) atoms. The maximum atomic E-state index is 13.5. The van der Waals surface area contributed by atoms with Gasteiger partial charge in [-0.25, -0.2) is 0 Å². The summed E-state index contributed by atoms with van der Waals surface area (Å²) in [6, 6.07) is 22.6. The van der Waals surface area contributed by atoms with Crippen molar-refractivity contribution < 1.29 is 4.79 Å². The van der Waals surface area contributed by atoms with E-state index in [1.807, 2.05) is 36.4 Å². The van der Waals surface area contributed by atoms with Gasteiger partial charge >= 0.3 is 0 Å². The Morgan fingerprint density at radius 3 is 2.66 bits per heavy atom. The van der Waals surface area contributed by atoms with Gasteiger partial charge < -0.3 is 10.3 Å². The largest absolute Gasteiger partial charge is 0.358 e. The normalized spacial score (nSPS) is 22.1. The number of rotatable bonds is 1. The Kier molecular flexibility index (Phi) is 3.34. The molecule has 0 bridgehead atoms. The van der Waals surface area contributed by atoms with Crippen LogP contribution >= 0.6 is 11.6 Å². The van der Waals surface area contributed by atoms with Crippen LogP contribution in [0.3, 0.4) is 0 Å². The Morgan fingerprint density at radius 1 is 1.03 bits per heavy atom. The average Bonchev–Trinajstić information content (AvgIpc) is 3.34. The molecule has 1 spiro atoms. The highest BCUT2D eigenvalue weighted by atomic mass is 35.5. The molecule has 0 fully saturated rings.